The molecule has 7 nitrogen and oxygen atoms in total. The van der Waals surface area contributed by atoms with Crippen molar-refractivity contribution in [2.24, 2.45) is 0 Å². The Bertz CT molecular complexity index is 998. The number of aryl methyl sites for hydroxylation is 1. The molecule has 1 aliphatic heterocycles. The van der Waals surface area contributed by atoms with Crippen LogP contribution in [0.2, 0.25) is 0 Å². The number of ether oxygens (including phenoxy) is 2. The summed E-state index contributed by atoms with van der Waals surface area (Å²) in [4.78, 5) is 29.7. The number of hydrogen-bond acceptors (Lipinski definition) is 6. The number of rotatable bonds is 9. The number of amides is 2. The minimum absolute atomic E-state index is 0.147. The van der Waals surface area contributed by atoms with Gasteiger partial charge in [0.2, 0.25) is 0 Å². The van der Waals surface area contributed by atoms with Crippen LogP contribution in [0.4, 0.5) is 5.69 Å². The third-order valence-electron chi connectivity index (χ3n) is 5.07. The van der Waals surface area contributed by atoms with Gasteiger partial charge < -0.3 is 19.5 Å². The maximum atomic E-state index is 13.5. The lowest BCUT2D eigenvalue weighted by Gasteiger charge is -2.21. The first-order valence-electron chi connectivity index (χ1n) is 10.3. The molecule has 0 spiro atoms. The van der Waals surface area contributed by atoms with Crippen molar-refractivity contribution in [1.29, 1.82) is 0 Å². The Balaban J connectivity index is 2.09. The third kappa shape index (κ3) is 4.41. The first kappa shape index (κ1) is 22.4. The van der Waals surface area contributed by atoms with Gasteiger partial charge in [-0.05, 0) is 48.7 Å². The number of methoxy groups -OCH3 is 1. The van der Waals surface area contributed by atoms with Crippen LogP contribution >= 0.6 is 0 Å². The van der Waals surface area contributed by atoms with Crippen molar-refractivity contribution in [2.75, 3.05) is 38.8 Å². The Morgan fingerprint density at radius 1 is 1.06 bits per heavy atom. The summed E-state index contributed by atoms with van der Waals surface area (Å²) in [5.41, 5.74) is 2.42. The van der Waals surface area contributed by atoms with Crippen molar-refractivity contribution in [1.82, 2.24) is 4.90 Å². The van der Waals surface area contributed by atoms with E-state index in [0.29, 0.717) is 29.4 Å². The molecule has 0 fully saturated rings. The summed E-state index contributed by atoms with van der Waals surface area (Å²) >= 11 is 0. The number of nitrogens with zero attached hydrogens (tertiary/aromatic N) is 2. The van der Waals surface area contributed by atoms with Crippen LogP contribution in [0.25, 0.3) is 5.57 Å². The lowest BCUT2D eigenvalue weighted by molar-refractivity contribution is -0.120. The van der Waals surface area contributed by atoms with Crippen molar-refractivity contribution in [2.45, 2.75) is 20.3 Å². The molecule has 31 heavy (non-hydrogen) atoms. The van der Waals surface area contributed by atoms with E-state index in [-0.39, 0.29) is 24.4 Å². The van der Waals surface area contributed by atoms with Gasteiger partial charge in [0.25, 0.3) is 11.8 Å². The van der Waals surface area contributed by atoms with Crippen LogP contribution in [0, 0.1) is 6.92 Å². The van der Waals surface area contributed by atoms with Crippen LogP contribution in [-0.2, 0) is 9.59 Å². The van der Waals surface area contributed by atoms with Crippen molar-refractivity contribution < 1.29 is 24.2 Å². The second-order valence-electron chi connectivity index (χ2n) is 7.36. The number of carbonyl (C=O) groups is 2. The van der Waals surface area contributed by atoms with E-state index in [0.717, 1.165) is 16.9 Å². The second kappa shape index (κ2) is 9.66. The molecule has 2 amide bonds. The zero-order valence-electron chi connectivity index (χ0n) is 18.3. The van der Waals surface area contributed by atoms with E-state index in [1.165, 1.54) is 7.11 Å². The Hall–Kier alpha value is -3.32. The van der Waals surface area contributed by atoms with Crippen LogP contribution in [0.15, 0.2) is 48.2 Å². The van der Waals surface area contributed by atoms with Crippen molar-refractivity contribution in [3.63, 3.8) is 0 Å². The highest BCUT2D eigenvalue weighted by Gasteiger charge is 2.42. The molecule has 3 rings (SSSR count). The molecule has 0 saturated heterocycles. The molecule has 0 aromatic heterocycles. The highest BCUT2D eigenvalue weighted by Crippen LogP contribution is 2.39. The summed E-state index contributed by atoms with van der Waals surface area (Å²) in [6.07, 6.45) is 0.892. The monoisotopic (exact) mass is 424 g/mol. The SMILES string of the molecule is CCCOc1ccc(C2=C(N(C)CCO)C(=O)N(c3cc(C)ccc3OC)C2=O)cc1. The van der Waals surface area contributed by atoms with E-state index >= 15 is 0 Å². The smallest absolute Gasteiger partial charge is 0.282 e. The van der Waals surface area contributed by atoms with Gasteiger partial charge in [-0.15, -0.1) is 0 Å². The molecule has 0 radical (unpaired) electrons. The lowest BCUT2D eigenvalue weighted by Crippen LogP contribution is -2.35. The first-order valence-corrected chi connectivity index (χ1v) is 10.3. The van der Waals surface area contributed by atoms with Crippen molar-refractivity contribution in [3.8, 4) is 11.5 Å². The predicted octanol–water partition coefficient (Wildman–Crippen LogP) is 3.00. The summed E-state index contributed by atoms with van der Waals surface area (Å²) in [5.74, 6) is 0.244. The summed E-state index contributed by atoms with van der Waals surface area (Å²) in [6, 6.07) is 12.5. The number of anilines is 1. The molecule has 1 N–H and O–H groups in total. The minimum atomic E-state index is -0.453. The highest BCUT2D eigenvalue weighted by molar-refractivity contribution is 6.45. The molecule has 2 aromatic rings. The number of carbonyl (C=O) groups excluding carboxylic acids is 2. The van der Waals surface area contributed by atoms with Gasteiger partial charge >= 0.3 is 0 Å². The van der Waals surface area contributed by atoms with Gasteiger partial charge in [-0.2, -0.15) is 0 Å². The van der Waals surface area contributed by atoms with Gasteiger partial charge in [-0.25, -0.2) is 4.90 Å². The third-order valence-corrected chi connectivity index (χ3v) is 5.07. The largest absolute Gasteiger partial charge is 0.495 e. The number of imide groups is 1. The van der Waals surface area contributed by atoms with E-state index in [2.05, 4.69) is 0 Å². The topological polar surface area (TPSA) is 79.3 Å². The first-order chi connectivity index (χ1) is 14.9. The highest BCUT2D eigenvalue weighted by atomic mass is 16.5. The summed E-state index contributed by atoms with van der Waals surface area (Å²) < 4.78 is 11.0. The zero-order chi connectivity index (χ0) is 22.5. The Morgan fingerprint density at radius 2 is 1.77 bits per heavy atom. The van der Waals surface area contributed by atoms with Crippen LogP contribution in [-0.4, -0.2) is 55.7 Å². The molecule has 0 bridgehead atoms. The van der Waals surface area contributed by atoms with Crippen LogP contribution in [0.1, 0.15) is 24.5 Å². The van der Waals surface area contributed by atoms with Gasteiger partial charge in [0.05, 0.1) is 31.6 Å². The van der Waals surface area contributed by atoms with Crippen molar-refractivity contribution >= 4 is 23.1 Å². The molecule has 1 heterocycles. The maximum Gasteiger partial charge on any atom is 0.282 e. The Morgan fingerprint density at radius 3 is 2.39 bits per heavy atom. The minimum Gasteiger partial charge on any atom is -0.495 e. The molecule has 2 aromatic carbocycles. The normalized spacial score (nSPS) is 13.8. The van der Waals surface area contributed by atoms with E-state index in [1.807, 2.05) is 19.9 Å². The maximum absolute atomic E-state index is 13.5. The van der Waals surface area contributed by atoms with Crippen molar-refractivity contribution in [3.05, 3.63) is 59.3 Å². The number of aliphatic hydroxyl groups excluding tert-OH is 1. The second-order valence-corrected chi connectivity index (χ2v) is 7.36. The number of likely N-dealkylation sites (N-methyl/N-ethyl adjacent to an activating group) is 1. The lowest BCUT2D eigenvalue weighted by atomic mass is 10.0. The fraction of sp³-hybridized carbons (Fsp3) is 0.333. The standard InChI is InChI=1S/C24H28N2O5/c1-5-14-31-18-9-7-17(8-10-18)21-22(25(3)12-13-27)24(29)26(23(21)28)19-15-16(2)6-11-20(19)30-4/h6-11,15,27H,5,12-14H2,1-4H3. The van der Waals surface area contributed by atoms with Gasteiger partial charge in [0.15, 0.2) is 0 Å². The van der Waals surface area contributed by atoms with E-state index in [1.54, 1.807) is 48.3 Å². The van der Waals surface area contributed by atoms with Gasteiger partial charge in [0.1, 0.15) is 17.2 Å². The van der Waals surface area contributed by atoms with E-state index in [4.69, 9.17) is 9.47 Å². The summed E-state index contributed by atoms with van der Waals surface area (Å²) in [7, 11) is 3.19. The fourth-order valence-corrected chi connectivity index (χ4v) is 3.53. The molecule has 0 saturated carbocycles. The average molecular weight is 424 g/mol. The molecule has 1 aliphatic rings. The molecule has 0 unspecified atom stereocenters. The predicted molar refractivity (Wildman–Crippen MR) is 119 cm³/mol. The molecule has 0 aliphatic carbocycles. The van der Waals surface area contributed by atoms with Crippen LogP contribution < -0.4 is 14.4 Å². The molecule has 0 atom stereocenters. The van der Waals surface area contributed by atoms with Gasteiger partial charge in [-0.1, -0.05) is 25.1 Å². The molecular weight excluding hydrogens is 396 g/mol. The summed E-state index contributed by atoms with van der Waals surface area (Å²) in [5, 5.41) is 9.42. The quantitative estimate of drug-likeness (QED) is 0.624. The molecule has 164 valence electrons. The van der Waals surface area contributed by atoms with Crippen LogP contribution in [0.5, 0.6) is 11.5 Å². The Kier molecular flexibility index (Phi) is 6.97. The molecular formula is C24H28N2O5. The van der Waals surface area contributed by atoms with Gasteiger partial charge in [-0.3, -0.25) is 9.59 Å². The molecule has 7 heteroatoms. The number of hydrogen-bond donors (Lipinski definition) is 1. The summed E-state index contributed by atoms with van der Waals surface area (Å²) in [6.45, 7) is 4.58. The average Bonchev–Trinajstić information content (AvgIpc) is 3.02. The number of aliphatic hydroxyl groups is 1. The zero-order valence-corrected chi connectivity index (χ0v) is 18.3. The number of benzene rings is 2. The fourth-order valence-electron chi connectivity index (χ4n) is 3.53. The van der Waals surface area contributed by atoms with E-state index in [9.17, 15) is 14.7 Å². The van der Waals surface area contributed by atoms with Gasteiger partial charge in [0, 0.05) is 13.6 Å². The Labute approximate surface area is 182 Å². The van der Waals surface area contributed by atoms with E-state index < -0.39 is 11.8 Å². The van der Waals surface area contributed by atoms with Crippen LogP contribution in [0.3, 0.4) is 0 Å².